The van der Waals surface area contributed by atoms with Crippen LogP contribution in [0.5, 0.6) is 5.75 Å². The molecule has 0 aliphatic heterocycles. The molecule has 0 saturated heterocycles. The van der Waals surface area contributed by atoms with Crippen LogP contribution in [0.25, 0.3) is 5.65 Å². The first-order valence-corrected chi connectivity index (χ1v) is 8.43. The van der Waals surface area contributed by atoms with E-state index in [0.29, 0.717) is 23.8 Å². The highest BCUT2D eigenvalue weighted by Gasteiger charge is 2.19. The summed E-state index contributed by atoms with van der Waals surface area (Å²) in [6.45, 7) is 6.68. The number of anilines is 1. The topological polar surface area (TPSA) is 84.3 Å². The van der Waals surface area contributed by atoms with Gasteiger partial charge in [-0.3, -0.25) is 0 Å². The molecule has 2 N–H and O–H groups in total. The Hall–Kier alpha value is -2.61. The van der Waals surface area contributed by atoms with Crippen molar-refractivity contribution in [1.82, 2.24) is 19.6 Å². The number of nitrogens with zero attached hydrogens (tertiary/aromatic N) is 3. The van der Waals surface area contributed by atoms with Crippen molar-refractivity contribution in [2.45, 2.75) is 26.2 Å². The van der Waals surface area contributed by atoms with Crippen LogP contribution in [-0.4, -0.2) is 32.7 Å². The van der Waals surface area contributed by atoms with E-state index in [1.165, 1.54) is 16.5 Å². The van der Waals surface area contributed by atoms with Crippen LogP contribution in [0.15, 0.2) is 29.2 Å². The van der Waals surface area contributed by atoms with Crippen LogP contribution in [0.3, 0.4) is 0 Å². The molecule has 0 bridgehead atoms. The maximum absolute atomic E-state index is 13.4. The first kappa shape index (κ1) is 18.2. The summed E-state index contributed by atoms with van der Waals surface area (Å²) in [5.41, 5.74) is 0.583. The highest BCUT2D eigenvalue weighted by atomic mass is 35.5. The van der Waals surface area contributed by atoms with Crippen molar-refractivity contribution < 1.29 is 9.13 Å². The van der Waals surface area contributed by atoms with Gasteiger partial charge >= 0.3 is 5.69 Å². The van der Waals surface area contributed by atoms with E-state index in [0.717, 1.165) is 5.69 Å². The van der Waals surface area contributed by atoms with Crippen LogP contribution in [0.1, 0.15) is 26.5 Å². The molecule has 26 heavy (non-hydrogen) atoms. The van der Waals surface area contributed by atoms with Gasteiger partial charge in [-0.05, 0) is 12.1 Å². The molecule has 1 aromatic carbocycles. The second-order valence-electron chi connectivity index (χ2n) is 6.80. The summed E-state index contributed by atoms with van der Waals surface area (Å²) in [6, 6.07) is 4.26. The summed E-state index contributed by atoms with van der Waals surface area (Å²) in [5.74, 6) is 0.321. The van der Waals surface area contributed by atoms with E-state index < -0.39 is 5.82 Å². The van der Waals surface area contributed by atoms with E-state index in [4.69, 9.17) is 16.3 Å². The normalized spacial score (nSPS) is 11.7. The number of benzene rings is 1. The van der Waals surface area contributed by atoms with Gasteiger partial charge in [0.05, 0.1) is 17.3 Å². The SMILES string of the molecule is CC(C)(C)c1cn2c(=O)[nH]nc2c(NCCOc2ccc(Cl)c(F)c2)n1. The maximum atomic E-state index is 13.4. The summed E-state index contributed by atoms with van der Waals surface area (Å²) in [4.78, 5) is 16.5. The minimum absolute atomic E-state index is 0.0463. The molecule has 0 aliphatic carbocycles. The maximum Gasteiger partial charge on any atom is 0.347 e. The number of rotatable bonds is 5. The zero-order valence-electron chi connectivity index (χ0n) is 14.6. The molecule has 0 unspecified atom stereocenters. The van der Waals surface area contributed by atoms with Crippen molar-refractivity contribution in [3.63, 3.8) is 0 Å². The monoisotopic (exact) mass is 379 g/mol. The Morgan fingerprint density at radius 2 is 2.15 bits per heavy atom. The van der Waals surface area contributed by atoms with Crippen molar-refractivity contribution in [2.24, 2.45) is 0 Å². The Morgan fingerprint density at radius 3 is 2.85 bits per heavy atom. The number of hydrogen-bond donors (Lipinski definition) is 2. The lowest BCUT2D eigenvalue weighted by Crippen LogP contribution is -2.20. The van der Waals surface area contributed by atoms with E-state index in [9.17, 15) is 9.18 Å². The number of H-pyrrole nitrogens is 1. The van der Waals surface area contributed by atoms with Crippen molar-refractivity contribution in [3.8, 4) is 5.75 Å². The highest BCUT2D eigenvalue weighted by Crippen LogP contribution is 2.23. The van der Waals surface area contributed by atoms with Crippen LogP contribution in [-0.2, 0) is 5.41 Å². The zero-order valence-corrected chi connectivity index (χ0v) is 15.4. The number of nitrogens with one attached hydrogen (secondary N) is 2. The number of hydrogen-bond acceptors (Lipinski definition) is 5. The fourth-order valence-corrected chi connectivity index (χ4v) is 2.42. The standard InChI is InChI=1S/C17H19ClFN5O2/c1-17(2,3)13-9-24-15(22-23-16(24)25)14(21-13)20-6-7-26-10-4-5-11(18)12(19)8-10/h4-5,8-9H,6-7H2,1-3H3,(H,20,21)(H,23,25). The third-order valence-corrected chi connectivity index (χ3v) is 4.03. The third-order valence-electron chi connectivity index (χ3n) is 3.72. The molecule has 3 rings (SSSR count). The number of ether oxygens (including phenoxy) is 1. The van der Waals surface area contributed by atoms with Gasteiger partial charge in [0.15, 0.2) is 5.82 Å². The Labute approximate surface area is 154 Å². The van der Waals surface area contributed by atoms with E-state index in [1.807, 2.05) is 20.8 Å². The first-order valence-electron chi connectivity index (χ1n) is 8.05. The van der Waals surface area contributed by atoms with Crippen molar-refractivity contribution >= 4 is 23.1 Å². The van der Waals surface area contributed by atoms with Gasteiger partial charge in [-0.2, -0.15) is 0 Å². The Morgan fingerprint density at radius 1 is 1.38 bits per heavy atom. The predicted molar refractivity (Wildman–Crippen MR) is 97.7 cm³/mol. The molecular weight excluding hydrogens is 361 g/mol. The fraction of sp³-hybridized carbons (Fsp3) is 0.353. The van der Waals surface area contributed by atoms with Gasteiger partial charge in [-0.15, -0.1) is 5.10 Å². The lowest BCUT2D eigenvalue weighted by Gasteiger charge is -2.19. The second kappa shape index (κ2) is 6.95. The van der Waals surface area contributed by atoms with Crippen molar-refractivity contribution in [1.29, 1.82) is 0 Å². The summed E-state index contributed by atoms with van der Waals surface area (Å²) < 4.78 is 20.3. The molecule has 138 valence electrons. The van der Waals surface area contributed by atoms with Crippen LogP contribution in [0.4, 0.5) is 10.2 Å². The second-order valence-corrected chi connectivity index (χ2v) is 7.21. The number of aromatic nitrogens is 4. The molecular formula is C17H19ClFN5O2. The average Bonchev–Trinajstić information content (AvgIpc) is 2.95. The van der Waals surface area contributed by atoms with E-state index in [1.54, 1.807) is 12.3 Å². The molecule has 2 aromatic heterocycles. The summed E-state index contributed by atoms with van der Waals surface area (Å²) in [7, 11) is 0. The molecule has 0 aliphatic rings. The van der Waals surface area contributed by atoms with Gasteiger partial charge in [-0.25, -0.2) is 23.7 Å². The van der Waals surface area contributed by atoms with E-state index >= 15 is 0 Å². The highest BCUT2D eigenvalue weighted by molar-refractivity contribution is 6.30. The van der Waals surface area contributed by atoms with Crippen molar-refractivity contribution in [3.05, 3.63) is 51.4 Å². The Bertz CT molecular complexity index is 993. The molecule has 0 radical (unpaired) electrons. The molecule has 9 heteroatoms. The largest absolute Gasteiger partial charge is 0.492 e. The van der Waals surface area contributed by atoms with Gasteiger partial charge in [0, 0.05) is 17.7 Å². The van der Waals surface area contributed by atoms with E-state index in [2.05, 4.69) is 20.5 Å². The van der Waals surface area contributed by atoms with Crippen molar-refractivity contribution in [2.75, 3.05) is 18.5 Å². The van der Waals surface area contributed by atoms with Crippen LogP contribution in [0, 0.1) is 5.82 Å². The summed E-state index contributed by atoms with van der Waals surface area (Å²) >= 11 is 5.64. The minimum Gasteiger partial charge on any atom is -0.492 e. The van der Waals surface area contributed by atoms with Crippen LogP contribution >= 0.6 is 11.6 Å². The van der Waals surface area contributed by atoms with Crippen LogP contribution < -0.4 is 15.7 Å². The lowest BCUT2D eigenvalue weighted by atomic mass is 9.93. The molecule has 0 saturated carbocycles. The van der Waals surface area contributed by atoms with Crippen LogP contribution in [0.2, 0.25) is 5.02 Å². The van der Waals surface area contributed by atoms with Gasteiger partial charge < -0.3 is 10.1 Å². The van der Waals surface area contributed by atoms with E-state index in [-0.39, 0.29) is 22.7 Å². The number of fused-ring (bicyclic) bond motifs is 1. The Kier molecular flexibility index (Phi) is 4.86. The van der Waals surface area contributed by atoms with Gasteiger partial charge in [0.1, 0.15) is 18.2 Å². The molecule has 0 fully saturated rings. The number of halogens is 2. The fourth-order valence-electron chi connectivity index (χ4n) is 2.30. The predicted octanol–water partition coefficient (Wildman–Crippen LogP) is 3.00. The molecule has 7 nitrogen and oxygen atoms in total. The molecule has 0 atom stereocenters. The molecule has 0 amide bonds. The van der Waals surface area contributed by atoms with Gasteiger partial charge in [0.2, 0.25) is 5.65 Å². The number of aromatic amines is 1. The van der Waals surface area contributed by atoms with Gasteiger partial charge in [0.25, 0.3) is 0 Å². The average molecular weight is 380 g/mol. The Balaban J connectivity index is 1.74. The lowest BCUT2D eigenvalue weighted by molar-refractivity contribution is 0.331. The van der Waals surface area contributed by atoms with Gasteiger partial charge in [-0.1, -0.05) is 32.4 Å². The smallest absolute Gasteiger partial charge is 0.347 e. The minimum atomic E-state index is -0.533. The summed E-state index contributed by atoms with van der Waals surface area (Å²) in [6.07, 6.45) is 1.68. The molecule has 3 aromatic rings. The molecule has 0 spiro atoms. The third kappa shape index (κ3) is 3.80. The molecule has 2 heterocycles. The zero-order chi connectivity index (χ0) is 18.9. The quantitative estimate of drug-likeness (QED) is 0.666. The first-order chi connectivity index (χ1) is 12.3. The summed E-state index contributed by atoms with van der Waals surface area (Å²) in [5, 5.41) is 9.57.